The number of anilines is 1. The third-order valence-corrected chi connectivity index (χ3v) is 5.92. The molecule has 0 aliphatic heterocycles. The van der Waals surface area contributed by atoms with Crippen molar-refractivity contribution in [3.05, 3.63) is 18.2 Å². The topological polar surface area (TPSA) is 92.3 Å². The van der Waals surface area contributed by atoms with Crippen LogP contribution in [-0.4, -0.2) is 36.2 Å². The summed E-state index contributed by atoms with van der Waals surface area (Å²) in [6, 6.07) is 3.85. The molecular formula is C13H22N2O4S2. The van der Waals surface area contributed by atoms with Crippen molar-refractivity contribution in [2.24, 2.45) is 0 Å². The largest absolute Gasteiger partial charge is 0.387 e. The summed E-state index contributed by atoms with van der Waals surface area (Å²) in [5.41, 5.74) is 0.362. The lowest BCUT2D eigenvalue weighted by Gasteiger charge is -2.17. The Morgan fingerprint density at radius 2 is 1.67 bits per heavy atom. The summed E-state index contributed by atoms with van der Waals surface area (Å²) >= 11 is 0. The zero-order valence-corrected chi connectivity index (χ0v) is 14.3. The Balaban J connectivity index is 3.39. The van der Waals surface area contributed by atoms with Gasteiger partial charge in [-0.25, -0.2) is 21.6 Å². The fraction of sp³-hybridized carbons (Fsp3) is 0.538. The lowest BCUT2D eigenvalue weighted by Crippen LogP contribution is -2.34. The second-order valence-electron chi connectivity index (χ2n) is 4.81. The minimum absolute atomic E-state index is 0.0218. The van der Waals surface area contributed by atoms with E-state index in [-0.39, 0.29) is 15.8 Å². The van der Waals surface area contributed by atoms with Crippen molar-refractivity contribution >= 4 is 25.5 Å². The van der Waals surface area contributed by atoms with Crippen molar-refractivity contribution < 1.29 is 16.8 Å². The summed E-state index contributed by atoms with van der Waals surface area (Å²) in [6.07, 6.45) is 2.37. The molecule has 120 valence electrons. The van der Waals surface area contributed by atoms with Gasteiger partial charge in [0, 0.05) is 19.3 Å². The number of sulfonamides is 1. The molecule has 21 heavy (non-hydrogen) atoms. The summed E-state index contributed by atoms with van der Waals surface area (Å²) in [7, 11) is -5.67. The van der Waals surface area contributed by atoms with Crippen LogP contribution in [-0.2, 0) is 19.9 Å². The molecule has 0 radical (unpaired) electrons. The van der Waals surface area contributed by atoms with Gasteiger partial charge >= 0.3 is 0 Å². The molecule has 0 amide bonds. The minimum Gasteiger partial charge on any atom is -0.387 e. The standard InChI is InChI=1S/C13H22N2O4S2/c1-5-10(6-2)15-21(18,19)13-9-11(20(4,16)17)7-8-12(13)14-3/h7-10,14-15H,5-6H2,1-4H3. The van der Waals surface area contributed by atoms with E-state index >= 15 is 0 Å². The van der Waals surface area contributed by atoms with Crippen LogP contribution in [0.1, 0.15) is 26.7 Å². The van der Waals surface area contributed by atoms with Crippen molar-refractivity contribution in [2.45, 2.75) is 42.5 Å². The quantitative estimate of drug-likeness (QED) is 0.790. The van der Waals surface area contributed by atoms with Crippen LogP contribution in [0.3, 0.4) is 0 Å². The molecule has 0 atom stereocenters. The molecule has 2 N–H and O–H groups in total. The molecular weight excluding hydrogens is 312 g/mol. The number of hydrogen-bond donors (Lipinski definition) is 2. The van der Waals surface area contributed by atoms with Crippen molar-refractivity contribution in [1.29, 1.82) is 0 Å². The van der Waals surface area contributed by atoms with Gasteiger partial charge in [0.1, 0.15) is 4.90 Å². The molecule has 0 saturated heterocycles. The minimum atomic E-state index is -3.79. The number of nitrogens with one attached hydrogen (secondary N) is 2. The molecule has 0 saturated carbocycles. The fourth-order valence-electron chi connectivity index (χ4n) is 1.90. The predicted octanol–water partition coefficient (Wildman–Crippen LogP) is 1.60. The number of sulfone groups is 1. The van der Waals surface area contributed by atoms with Gasteiger partial charge in [0.15, 0.2) is 9.84 Å². The predicted molar refractivity (Wildman–Crippen MR) is 83.8 cm³/mol. The number of hydrogen-bond acceptors (Lipinski definition) is 5. The fourth-order valence-corrected chi connectivity index (χ4v) is 4.26. The van der Waals surface area contributed by atoms with Gasteiger partial charge in [-0.3, -0.25) is 0 Å². The van der Waals surface area contributed by atoms with Crippen LogP contribution in [0.4, 0.5) is 5.69 Å². The molecule has 1 rings (SSSR count). The Labute approximate surface area is 126 Å². The van der Waals surface area contributed by atoms with E-state index in [1.54, 1.807) is 7.05 Å². The molecule has 0 aliphatic rings. The summed E-state index contributed by atoms with van der Waals surface area (Å²) in [5, 5.41) is 2.78. The van der Waals surface area contributed by atoms with Crippen molar-refractivity contribution in [1.82, 2.24) is 4.72 Å². The van der Waals surface area contributed by atoms with Crippen LogP contribution in [0.5, 0.6) is 0 Å². The van der Waals surface area contributed by atoms with Crippen LogP contribution in [0.15, 0.2) is 28.0 Å². The summed E-state index contributed by atoms with van der Waals surface area (Å²) in [6.45, 7) is 3.78. The number of rotatable bonds is 7. The van der Waals surface area contributed by atoms with Crippen LogP contribution in [0.25, 0.3) is 0 Å². The first-order chi connectivity index (χ1) is 9.65. The van der Waals surface area contributed by atoms with Crippen LogP contribution in [0.2, 0.25) is 0 Å². The normalized spacial score (nSPS) is 12.6. The van der Waals surface area contributed by atoms with Crippen molar-refractivity contribution in [3.8, 4) is 0 Å². The van der Waals surface area contributed by atoms with Gasteiger partial charge in [-0.1, -0.05) is 13.8 Å². The molecule has 0 aromatic heterocycles. The van der Waals surface area contributed by atoms with Gasteiger partial charge in [-0.05, 0) is 31.0 Å². The zero-order chi connectivity index (χ0) is 16.3. The molecule has 0 unspecified atom stereocenters. The van der Waals surface area contributed by atoms with E-state index in [1.165, 1.54) is 18.2 Å². The van der Waals surface area contributed by atoms with Gasteiger partial charge in [0.25, 0.3) is 0 Å². The molecule has 6 nitrogen and oxygen atoms in total. The highest BCUT2D eigenvalue weighted by molar-refractivity contribution is 7.91. The highest BCUT2D eigenvalue weighted by Gasteiger charge is 2.23. The molecule has 0 spiro atoms. The zero-order valence-electron chi connectivity index (χ0n) is 12.7. The van der Waals surface area contributed by atoms with E-state index < -0.39 is 19.9 Å². The monoisotopic (exact) mass is 334 g/mol. The van der Waals surface area contributed by atoms with Gasteiger partial charge in [0.2, 0.25) is 10.0 Å². The average molecular weight is 334 g/mol. The third kappa shape index (κ3) is 4.42. The first kappa shape index (κ1) is 17.9. The molecule has 8 heteroatoms. The van der Waals surface area contributed by atoms with E-state index in [0.29, 0.717) is 18.5 Å². The lowest BCUT2D eigenvalue weighted by molar-refractivity contribution is 0.530. The maximum atomic E-state index is 12.5. The Bertz CT molecular complexity index is 693. The van der Waals surface area contributed by atoms with Crippen molar-refractivity contribution in [2.75, 3.05) is 18.6 Å². The Hall–Kier alpha value is -1.12. The van der Waals surface area contributed by atoms with E-state index in [1.807, 2.05) is 13.8 Å². The average Bonchev–Trinajstić information content (AvgIpc) is 2.43. The highest BCUT2D eigenvalue weighted by atomic mass is 32.2. The first-order valence-corrected chi connectivity index (χ1v) is 10.1. The Morgan fingerprint density at radius 1 is 1.10 bits per heavy atom. The molecule has 0 fully saturated rings. The SMILES string of the molecule is CCC(CC)NS(=O)(=O)c1cc(S(C)(=O)=O)ccc1NC. The highest BCUT2D eigenvalue weighted by Crippen LogP contribution is 2.25. The van der Waals surface area contributed by atoms with Crippen LogP contribution >= 0.6 is 0 Å². The second kappa shape index (κ2) is 6.76. The Morgan fingerprint density at radius 3 is 2.10 bits per heavy atom. The van der Waals surface area contributed by atoms with E-state index in [0.717, 1.165) is 6.26 Å². The van der Waals surface area contributed by atoms with Gasteiger partial charge in [0.05, 0.1) is 10.6 Å². The Kier molecular flexibility index (Phi) is 5.77. The third-order valence-electron chi connectivity index (χ3n) is 3.25. The van der Waals surface area contributed by atoms with E-state index in [2.05, 4.69) is 10.0 Å². The molecule has 0 aliphatic carbocycles. The number of benzene rings is 1. The summed E-state index contributed by atoms with van der Waals surface area (Å²) in [4.78, 5) is -0.0775. The van der Waals surface area contributed by atoms with E-state index in [9.17, 15) is 16.8 Å². The van der Waals surface area contributed by atoms with Crippen LogP contribution in [0, 0.1) is 0 Å². The summed E-state index contributed by atoms with van der Waals surface area (Å²) in [5.74, 6) is 0. The molecule has 1 aromatic carbocycles. The second-order valence-corrected chi connectivity index (χ2v) is 8.51. The molecule has 0 heterocycles. The van der Waals surface area contributed by atoms with Crippen LogP contribution < -0.4 is 10.0 Å². The molecule has 0 bridgehead atoms. The van der Waals surface area contributed by atoms with Gasteiger partial charge in [-0.15, -0.1) is 0 Å². The van der Waals surface area contributed by atoms with Gasteiger partial charge < -0.3 is 5.32 Å². The van der Waals surface area contributed by atoms with Gasteiger partial charge in [-0.2, -0.15) is 0 Å². The maximum Gasteiger partial charge on any atom is 0.242 e. The van der Waals surface area contributed by atoms with E-state index in [4.69, 9.17) is 0 Å². The van der Waals surface area contributed by atoms with Crippen molar-refractivity contribution in [3.63, 3.8) is 0 Å². The molecule has 1 aromatic rings. The lowest BCUT2D eigenvalue weighted by atomic mass is 10.2. The first-order valence-electron chi connectivity index (χ1n) is 6.69. The summed E-state index contributed by atoms with van der Waals surface area (Å²) < 4.78 is 50.8. The maximum absolute atomic E-state index is 12.5. The smallest absolute Gasteiger partial charge is 0.242 e.